The van der Waals surface area contributed by atoms with E-state index in [2.05, 4.69) is 11.4 Å². The predicted octanol–water partition coefficient (Wildman–Crippen LogP) is 2.49. The summed E-state index contributed by atoms with van der Waals surface area (Å²) in [6.45, 7) is 0.0238. The third-order valence-electron chi connectivity index (χ3n) is 4.02. The van der Waals surface area contributed by atoms with E-state index in [1.807, 2.05) is 30.4 Å². The van der Waals surface area contributed by atoms with Crippen LogP contribution in [0.2, 0.25) is 0 Å². The molecule has 0 aromatic heterocycles. The number of carbonyl (C=O) groups is 2. The molecule has 0 bridgehead atoms. The minimum Gasteiger partial charge on any atom is -0.345 e. The van der Waals surface area contributed by atoms with Crippen LogP contribution in [0.3, 0.4) is 0 Å². The number of Topliss-reactive ketones (excluding diaryl/α,β-unsaturated/α-hetero) is 1. The summed E-state index contributed by atoms with van der Waals surface area (Å²) < 4.78 is 0. The average molecular weight is 275 g/mol. The van der Waals surface area contributed by atoms with Crippen molar-refractivity contribution in [2.24, 2.45) is 0 Å². The smallest absolute Gasteiger partial charge is 0.252 e. The predicted molar refractivity (Wildman–Crippen MR) is 79.7 cm³/mol. The molecular formula is C18H13NO2. The van der Waals surface area contributed by atoms with Crippen molar-refractivity contribution >= 4 is 11.7 Å². The lowest BCUT2D eigenvalue weighted by Crippen LogP contribution is -2.30. The summed E-state index contributed by atoms with van der Waals surface area (Å²) in [5.41, 5.74) is 6.18. The van der Waals surface area contributed by atoms with Crippen molar-refractivity contribution in [3.63, 3.8) is 0 Å². The molecule has 0 saturated heterocycles. The minimum absolute atomic E-state index is 0.0238. The van der Waals surface area contributed by atoms with Gasteiger partial charge in [-0.25, -0.2) is 0 Å². The molecule has 1 saturated carbocycles. The molecule has 1 amide bonds. The zero-order valence-corrected chi connectivity index (χ0v) is 11.3. The molecule has 1 fully saturated rings. The molecule has 1 N–H and O–H groups in total. The van der Waals surface area contributed by atoms with Gasteiger partial charge in [-0.15, -0.1) is 0 Å². The van der Waals surface area contributed by atoms with Gasteiger partial charge in [-0.1, -0.05) is 36.4 Å². The summed E-state index contributed by atoms with van der Waals surface area (Å²) in [7, 11) is 0. The summed E-state index contributed by atoms with van der Waals surface area (Å²) in [6, 6.07) is 9.00. The summed E-state index contributed by atoms with van der Waals surface area (Å²) in [6.07, 6.45) is 6.98. The van der Waals surface area contributed by atoms with E-state index in [0.29, 0.717) is 11.1 Å². The topological polar surface area (TPSA) is 46.2 Å². The maximum Gasteiger partial charge on any atom is 0.252 e. The number of ketones is 1. The Bertz CT molecular complexity index is 792. The molecule has 1 aromatic rings. The van der Waals surface area contributed by atoms with Gasteiger partial charge >= 0.3 is 0 Å². The Morgan fingerprint density at radius 1 is 1.05 bits per heavy atom. The Kier molecular flexibility index (Phi) is 2.54. The molecule has 3 heteroatoms. The van der Waals surface area contributed by atoms with E-state index in [0.717, 1.165) is 12.0 Å². The van der Waals surface area contributed by atoms with E-state index in [-0.39, 0.29) is 18.2 Å². The highest BCUT2D eigenvalue weighted by Gasteiger charge is 2.35. The molecule has 0 atom stereocenters. The first kappa shape index (κ1) is 12.1. The first-order chi connectivity index (χ1) is 10.2. The molecule has 0 unspecified atom stereocenters. The van der Waals surface area contributed by atoms with Crippen molar-refractivity contribution in [1.29, 1.82) is 0 Å². The van der Waals surface area contributed by atoms with Crippen molar-refractivity contribution in [2.45, 2.75) is 6.42 Å². The van der Waals surface area contributed by atoms with Crippen molar-refractivity contribution < 1.29 is 9.59 Å². The van der Waals surface area contributed by atoms with Crippen LogP contribution in [0.1, 0.15) is 16.8 Å². The molecule has 102 valence electrons. The molecule has 3 nitrogen and oxygen atoms in total. The van der Waals surface area contributed by atoms with Gasteiger partial charge in [-0.3, -0.25) is 9.59 Å². The molecule has 4 rings (SSSR count). The molecule has 0 heterocycles. The second-order valence-electron chi connectivity index (χ2n) is 5.37. The standard InChI is InChI=1S/C18H13NO2/c20-17(11-4-2-1-3-5-11)10-19-18(21)14-7-6-13-15-8-12(15)9-16(13)14/h1-7,9H,8,10H2,(H,19,21). The normalized spacial score (nSPS) is 17.6. The van der Waals surface area contributed by atoms with E-state index < -0.39 is 0 Å². The van der Waals surface area contributed by atoms with Gasteiger partial charge in [0.05, 0.1) is 6.54 Å². The van der Waals surface area contributed by atoms with Crippen LogP contribution in [-0.2, 0) is 4.79 Å². The zero-order valence-electron chi connectivity index (χ0n) is 11.3. The van der Waals surface area contributed by atoms with Crippen LogP contribution >= 0.6 is 0 Å². The third-order valence-corrected chi connectivity index (χ3v) is 4.02. The van der Waals surface area contributed by atoms with Crippen molar-refractivity contribution in [3.8, 4) is 0 Å². The maximum absolute atomic E-state index is 12.2. The van der Waals surface area contributed by atoms with E-state index in [1.54, 1.807) is 12.1 Å². The molecule has 1 aromatic carbocycles. The second kappa shape index (κ2) is 4.42. The van der Waals surface area contributed by atoms with Gasteiger partial charge < -0.3 is 5.32 Å². The number of hydrogen-bond acceptors (Lipinski definition) is 2. The first-order valence-corrected chi connectivity index (χ1v) is 6.97. The molecule has 3 aliphatic rings. The van der Waals surface area contributed by atoms with Crippen LogP contribution < -0.4 is 5.32 Å². The fourth-order valence-electron chi connectivity index (χ4n) is 2.82. The Hall–Kier alpha value is -2.68. The van der Waals surface area contributed by atoms with Gasteiger partial charge in [0.2, 0.25) is 0 Å². The Balaban J connectivity index is 1.45. The van der Waals surface area contributed by atoms with E-state index in [1.165, 1.54) is 16.7 Å². The van der Waals surface area contributed by atoms with Crippen LogP contribution in [0.4, 0.5) is 0 Å². The van der Waals surface area contributed by atoms with Gasteiger partial charge in [0.15, 0.2) is 5.78 Å². The highest BCUT2D eigenvalue weighted by molar-refractivity contribution is 6.05. The second-order valence-corrected chi connectivity index (χ2v) is 5.37. The van der Waals surface area contributed by atoms with Crippen molar-refractivity contribution in [2.75, 3.05) is 6.54 Å². The third kappa shape index (κ3) is 1.98. The molecule has 0 aliphatic heterocycles. The lowest BCUT2D eigenvalue weighted by Gasteiger charge is -2.06. The molecule has 3 aliphatic carbocycles. The number of carbonyl (C=O) groups excluding carboxylic acids is 2. The number of benzene rings is 1. The van der Waals surface area contributed by atoms with Crippen molar-refractivity contribution in [1.82, 2.24) is 5.32 Å². The van der Waals surface area contributed by atoms with Crippen molar-refractivity contribution in [3.05, 3.63) is 82.0 Å². The molecular weight excluding hydrogens is 262 g/mol. The van der Waals surface area contributed by atoms with E-state index in [4.69, 9.17) is 0 Å². The monoisotopic (exact) mass is 275 g/mol. The summed E-state index contributed by atoms with van der Waals surface area (Å²) in [5.74, 6) is -0.262. The molecule has 21 heavy (non-hydrogen) atoms. The maximum atomic E-state index is 12.2. The summed E-state index contributed by atoms with van der Waals surface area (Å²) in [5, 5.41) is 2.72. The van der Waals surface area contributed by atoms with Crippen LogP contribution in [0, 0.1) is 0 Å². The Morgan fingerprint density at radius 2 is 1.86 bits per heavy atom. The number of amides is 1. The van der Waals surface area contributed by atoms with E-state index in [9.17, 15) is 9.59 Å². The van der Waals surface area contributed by atoms with Crippen LogP contribution in [0.5, 0.6) is 0 Å². The SMILES string of the molecule is O=C(NCC(=O)c1ccccc1)C1=C2C=C3CC3=C2C=C1. The number of allylic oxidation sites excluding steroid dienone is 6. The van der Waals surface area contributed by atoms with Gasteiger partial charge in [0, 0.05) is 11.1 Å². The summed E-state index contributed by atoms with van der Waals surface area (Å²) >= 11 is 0. The zero-order chi connectivity index (χ0) is 14.4. The van der Waals surface area contributed by atoms with Gasteiger partial charge in [-0.2, -0.15) is 0 Å². The number of hydrogen-bond donors (Lipinski definition) is 1. The number of fused-ring (bicyclic) bond motifs is 2. The number of rotatable bonds is 4. The van der Waals surface area contributed by atoms with Gasteiger partial charge in [0.25, 0.3) is 5.91 Å². The lowest BCUT2D eigenvalue weighted by atomic mass is 10.1. The van der Waals surface area contributed by atoms with Crippen LogP contribution in [0.15, 0.2) is 76.4 Å². The Labute approximate surface area is 122 Å². The number of nitrogens with one attached hydrogen (secondary N) is 1. The minimum atomic E-state index is -0.181. The average Bonchev–Trinajstić information content (AvgIpc) is 3.00. The molecule has 0 radical (unpaired) electrons. The lowest BCUT2D eigenvalue weighted by molar-refractivity contribution is -0.117. The highest BCUT2D eigenvalue weighted by Crippen LogP contribution is 2.51. The van der Waals surface area contributed by atoms with Crippen LogP contribution in [0.25, 0.3) is 0 Å². The largest absolute Gasteiger partial charge is 0.345 e. The van der Waals surface area contributed by atoms with Crippen LogP contribution in [-0.4, -0.2) is 18.2 Å². The van der Waals surface area contributed by atoms with E-state index >= 15 is 0 Å². The summed E-state index contributed by atoms with van der Waals surface area (Å²) in [4.78, 5) is 24.2. The quantitative estimate of drug-likeness (QED) is 0.858. The Morgan fingerprint density at radius 3 is 2.67 bits per heavy atom. The fourth-order valence-corrected chi connectivity index (χ4v) is 2.82. The van der Waals surface area contributed by atoms with Gasteiger partial charge in [0.1, 0.15) is 0 Å². The fraction of sp³-hybridized carbons (Fsp3) is 0.111. The molecule has 0 spiro atoms. The van der Waals surface area contributed by atoms with Gasteiger partial charge in [-0.05, 0) is 40.9 Å². The highest BCUT2D eigenvalue weighted by atomic mass is 16.2. The first-order valence-electron chi connectivity index (χ1n) is 6.97.